The number of amides is 1. The molecule has 0 unspecified atom stereocenters. The van der Waals surface area contributed by atoms with E-state index in [0.29, 0.717) is 16.6 Å². The maximum atomic E-state index is 13.8. The highest BCUT2D eigenvalue weighted by Gasteiger charge is 2.33. The summed E-state index contributed by atoms with van der Waals surface area (Å²) in [7, 11) is 4.06. The van der Waals surface area contributed by atoms with Crippen molar-refractivity contribution in [2.75, 3.05) is 25.5 Å². The van der Waals surface area contributed by atoms with Gasteiger partial charge in [0.25, 0.3) is 5.91 Å². The average Bonchev–Trinajstić information content (AvgIpc) is 3.67. The van der Waals surface area contributed by atoms with Gasteiger partial charge >= 0.3 is 0 Å². The molecule has 2 aromatic heterocycles. The van der Waals surface area contributed by atoms with Gasteiger partial charge < -0.3 is 14.5 Å². The molecule has 0 spiro atoms. The number of benzene rings is 3. The zero-order valence-corrected chi connectivity index (χ0v) is 22.7. The van der Waals surface area contributed by atoms with Crippen LogP contribution in [0, 0.1) is 0 Å². The highest BCUT2D eigenvalue weighted by molar-refractivity contribution is 8.18. The lowest BCUT2D eigenvalue weighted by Gasteiger charge is -2.15. The van der Waals surface area contributed by atoms with Gasteiger partial charge in [-0.3, -0.25) is 9.69 Å². The number of aromatic nitrogens is 2. The number of fused-ring (bicyclic) bond motifs is 1. The van der Waals surface area contributed by atoms with Crippen LogP contribution in [0.3, 0.4) is 0 Å². The van der Waals surface area contributed by atoms with Crippen LogP contribution in [-0.4, -0.2) is 46.2 Å². The number of aliphatic imine (C=N–C) groups is 1. The minimum Gasteiger partial charge on any atom is -0.378 e. The topological polar surface area (TPSA) is 56.6 Å². The third-order valence-electron chi connectivity index (χ3n) is 6.85. The van der Waals surface area contributed by atoms with E-state index >= 15 is 0 Å². The number of carbonyl (C=O) groups excluding carboxylic acids is 1. The summed E-state index contributed by atoms with van der Waals surface area (Å²) in [4.78, 5) is 26.5. The Bertz CT molecular complexity index is 1680. The molecule has 0 saturated carbocycles. The Morgan fingerprint density at radius 3 is 2.49 bits per heavy atom. The zero-order valence-electron chi connectivity index (χ0n) is 21.9. The van der Waals surface area contributed by atoms with Gasteiger partial charge in [-0.15, -0.1) is 0 Å². The molecule has 0 radical (unpaired) electrons. The Morgan fingerprint density at radius 1 is 0.923 bits per heavy atom. The van der Waals surface area contributed by atoms with Crippen molar-refractivity contribution in [1.29, 1.82) is 0 Å². The van der Waals surface area contributed by atoms with Crippen LogP contribution in [0.25, 0.3) is 22.7 Å². The first kappa shape index (κ1) is 24.8. The van der Waals surface area contributed by atoms with Crippen molar-refractivity contribution in [2.45, 2.75) is 6.42 Å². The second-order valence-corrected chi connectivity index (χ2v) is 10.6. The van der Waals surface area contributed by atoms with Crippen LogP contribution in [0.5, 0.6) is 0 Å². The number of aromatic amines is 1. The number of nitrogens with zero attached hydrogens (tertiary/aromatic N) is 4. The summed E-state index contributed by atoms with van der Waals surface area (Å²) in [5, 5.41) is 1.89. The van der Waals surface area contributed by atoms with Crippen LogP contribution >= 0.6 is 11.8 Å². The molecule has 1 saturated heterocycles. The number of para-hydroxylation sites is 2. The van der Waals surface area contributed by atoms with Gasteiger partial charge in [0.1, 0.15) is 0 Å². The molecule has 1 fully saturated rings. The van der Waals surface area contributed by atoms with Crippen LogP contribution in [0.1, 0.15) is 11.3 Å². The molecule has 0 atom stereocenters. The molecule has 7 heteroatoms. The fourth-order valence-corrected chi connectivity index (χ4v) is 5.77. The van der Waals surface area contributed by atoms with E-state index in [9.17, 15) is 4.79 Å². The Morgan fingerprint density at radius 2 is 1.69 bits per heavy atom. The molecule has 0 aliphatic carbocycles. The quantitative estimate of drug-likeness (QED) is 0.233. The zero-order chi connectivity index (χ0) is 26.8. The van der Waals surface area contributed by atoms with Crippen LogP contribution in [0.15, 0.2) is 113 Å². The fourth-order valence-electron chi connectivity index (χ4n) is 4.76. The predicted molar refractivity (Wildman–Crippen MR) is 163 cm³/mol. The highest BCUT2D eigenvalue weighted by atomic mass is 32.2. The molecule has 1 amide bonds. The van der Waals surface area contributed by atoms with E-state index in [4.69, 9.17) is 4.99 Å². The monoisotopic (exact) mass is 531 g/mol. The normalized spacial score (nSPS) is 15.6. The van der Waals surface area contributed by atoms with E-state index in [1.54, 1.807) is 0 Å². The minimum absolute atomic E-state index is 0.0229. The summed E-state index contributed by atoms with van der Waals surface area (Å²) in [5.74, 6) is -0.0229. The lowest BCUT2D eigenvalue weighted by molar-refractivity contribution is -0.122. The number of amidine groups is 1. The van der Waals surface area contributed by atoms with E-state index in [2.05, 4.69) is 50.8 Å². The van der Waals surface area contributed by atoms with Gasteiger partial charge in [0.2, 0.25) is 0 Å². The van der Waals surface area contributed by atoms with Crippen molar-refractivity contribution in [3.8, 4) is 5.69 Å². The predicted octanol–water partition coefficient (Wildman–Crippen LogP) is 6.87. The SMILES string of the molecule is CN(C)c1ccc(-n2cccc2C=C2SC(=Nc3ccccc3)N(CCc3c[nH]c4ccccc34)C2=O)cc1. The molecule has 194 valence electrons. The maximum Gasteiger partial charge on any atom is 0.266 e. The van der Waals surface area contributed by atoms with Crippen LogP contribution in [0.2, 0.25) is 0 Å². The van der Waals surface area contributed by atoms with Gasteiger partial charge in [0.15, 0.2) is 5.17 Å². The fraction of sp³-hybridized carbons (Fsp3) is 0.125. The average molecular weight is 532 g/mol. The van der Waals surface area contributed by atoms with Gasteiger partial charge in [0, 0.05) is 61.0 Å². The number of hydrogen-bond donors (Lipinski definition) is 1. The summed E-state index contributed by atoms with van der Waals surface area (Å²) < 4.78 is 2.10. The van der Waals surface area contributed by atoms with E-state index in [0.717, 1.165) is 34.7 Å². The number of anilines is 1. The second-order valence-electron chi connectivity index (χ2n) is 9.62. The summed E-state index contributed by atoms with van der Waals surface area (Å²) in [6.07, 6.45) is 6.76. The molecule has 1 N–H and O–H groups in total. The second kappa shape index (κ2) is 10.7. The van der Waals surface area contributed by atoms with Gasteiger partial charge in [0.05, 0.1) is 10.6 Å². The molecule has 3 aromatic carbocycles. The number of rotatable bonds is 7. The molecule has 1 aliphatic rings. The molecule has 1 aliphatic heterocycles. The first-order chi connectivity index (χ1) is 19.1. The molecule has 6 rings (SSSR count). The van der Waals surface area contributed by atoms with Crippen molar-refractivity contribution in [3.63, 3.8) is 0 Å². The summed E-state index contributed by atoms with van der Waals surface area (Å²) in [5.41, 5.74) is 6.25. The Balaban J connectivity index is 1.31. The third-order valence-corrected chi connectivity index (χ3v) is 7.86. The van der Waals surface area contributed by atoms with E-state index < -0.39 is 0 Å². The Labute approximate surface area is 232 Å². The van der Waals surface area contributed by atoms with E-state index in [-0.39, 0.29) is 5.91 Å². The maximum absolute atomic E-state index is 13.8. The van der Waals surface area contributed by atoms with Crippen LogP contribution in [0.4, 0.5) is 11.4 Å². The lowest BCUT2D eigenvalue weighted by atomic mass is 10.1. The number of H-pyrrole nitrogens is 1. The van der Waals surface area contributed by atoms with Gasteiger partial charge in [-0.2, -0.15) is 0 Å². The number of carbonyl (C=O) groups is 1. The molecule has 3 heterocycles. The van der Waals surface area contributed by atoms with Crippen LogP contribution < -0.4 is 4.90 Å². The first-order valence-electron chi connectivity index (χ1n) is 12.9. The number of nitrogens with one attached hydrogen (secondary N) is 1. The van der Waals surface area contributed by atoms with Crippen molar-refractivity contribution < 1.29 is 4.79 Å². The first-order valence-corrected chi connectivity index (χ1v) is 13.7. The smallest absolute Gasteiger partial charge is 0.266 e. The van der Waals surface area contributed by atoms with Crippen molar-refractivity contribution >= 4 is 51.2 Å². The summed E-state index contributed by atoms with van der Waals surface area (Å²) in [6.45, 7) is 0.545. The molecular weight excluding hydrogens is 502 g/mol. The van der Waals surface area contributed by atoms with Crippen molar-refractivity contribution in [3.05, 3.63) is 120 Å². The van der Waals surface area contributed by atoms with Gasteiger partial charge in [-0.25, -0.2) is 4.99 Å². The highest BCUT2D eigenvalue weighted by Crippen LogP contribution is 2.35. The molecule has 5 aromatic rings. The third kappa shape index (κ3) is 5.13. The number of hydrogen-bond acceptors (Lipinski definition) is 4. The number of thioether (sulfide) groups is 1. The molecular formula is C32H29N5OS. The van der Waals surface area contributed by atoms with Crippen molar-refractivity contribution in [2.24, 2.45) is 4.99 Å². The van der Waals surface area contributed by atoms with Gasteiger partial charge in [-0.1, -0.05) is 36.4 Å². The summed E-state index contributed by atoms with van der Waals surface area (Å²) in [6, 6.07) is 30.5. The molecule has 6 nitrogen and oxygen atoms in total. The van der Waals surface area contributed by atoms with Gasteiger partial charge in [-0.05, 0) is 84.4 Å². The summed E-state index contributed by atoms with van der Waals surface area (Å²) >= 11 is 1.43. The van der Waals surface area contributed by atoms with E-state index in [1.807, 2.05) is 92.1 Å². The molecule has 0 bridgehead atoms. The molecule has 39 heavy (non-hydrogen) atoms. The Hall–Kier alpha value is -4.49. The Kier molecular flexibility index (Phi) is 6.82. The minimum atomic E-state index is -0.0229. The van der Waals surface area contributed by atoms with E-state index in [1.165, 1.54) is 22.7 Å². The van der Waals surface area contributed by atoms with Crippen molar-refractivity contribution in [1.82, 2.24) is 14.5 Å². The lowest BCUT2D eigenvalue weighted by Crippen LogP contribution is -2.31. The van der Waals surface area contributed by atoms with Crippen LogP contribution in [-0.2, 0) is 11.2 Å². The largest absolute Gasteiger partial charge is 0.378 e. The standard InChI is InChI=1S/C32H29N5OS/c1-35(2)25-14-16-26(17-15-25)36-19-8-11-27(36)21-30-31(38)37(32(39-30)34-24-9-4-3-5-10-24)20-18-23-22-33-29-13-7-6-12-28(23)29/h3-17,19,21-22,33H,18,20H2,1-2H3.